The highest BCUT2D eigenvalue weighted by atomic mass is 31.2. The van der Waals surface area contributed by atoms with Crippen molar-refractivity contribution in [1.29, 1.82) is 0 Å². The van der Waals surface area contributed by atoms with E-state index in [0.29, 0.717) is 17.4 Å². The predicted octanol–water partition coefficient (Wildman–Crippen LogP) is 19.5. The number of allylic oxidation sites excluding steroid dienone is 21. The van der Waals surface area contributed by atoms with Crippen LogP contribution in [0.2, 0.25) is 0 Å². The van der Waals surface area contributed by atoms with Crippen molar-refractivity contribution in [3.63, 3.8) is 0 Å². The van der Waals surface area contributed by atoms with Gasteiger partial charge in [-0.3, -0.25) is 13.8 Å². The van der Waals surface area contributed by atoms with Gasteiger partial charge in [-0.2, -0.15) is 0 Å². The second-order valence-corrected chi connectivity index (χ2v) is 23.1. The fraction of sp³-hybridized carbons (Fsp3) is 0.662. The molecule has 8 nitrogen and oxygen atoms in total. The molecule has 0 aromatic rings. The van der Waals surface area contributed by atoms with E-state index in [1.54, 1.807) is 6.08 Å². The van der Waals surface area contributed by atoms with E-state index in [2.05, 4.69) is 141 Å². The molecular weight excluding hydrogens is 972 g/mol. The third-order valence-corrected chi connectivity index (χ3v) is 14.1. The van der Waals surface area contributed by atoms with Crippen LogP contribution >= 0.6 is 7.82 Å². The molecule has 0 aromatic heterocycles. The van der Waals surface area contributed by atoms with Gasteiger partial charge in [0.2, 0.25) is 5.91 Å². The number of unbranched alkanes of at least 4 members (excludes halogenated alkanes) is 22. The van der Waals surface area contributed by atoms with Gasteiger partial charge in [0.05, 0.1) is 39.9 Å². The zero-order valence-electron chi connectivity index (χ0n) is 50.1. The lowest BCUT2D eigenvalue weighted by molar-refractivity contribution is -0.870. The van der Waals surface area contributed by atoms with Gasteiger partial charge in [0.1, 0.15) is 13.2 Å². The standard InChI is InChI=1S/C68H117N2O6P/c1-6-8-10-12-14-16-18-20-22-23-24-25-26-27-28-29-30-31-32-33-34-35-36-37-38-39-40-41-42-43-44-45-46-47-48-50-52-54-56-58-60-62-68(72)69-66(65-76-77(73,74)75-64-63-70(3,4)5)67(71)61-59-57-55-53-51-49-21-19-17-15-13-11-9-7-2/h8,10,14,16-17,19-20,22,24-25,27-28,30-31,33-34,36-37,51,53,59,61,66-67,71H,6-7,9,11-13,15,18,21,23,26,29,32,35,38-50,52,54-58,60,62-65H2,1-5H3,(H-,69,72,73,74)/p+1/b10-8-,16-14-,19-17+,22-20-,25-24-,28-27-,31-30-,34-33-,37-36-,53-51+,61-59+. The van der Waals surface area contributed by atoms with Crippen LogP contribution in [0.5, 0.6) is 0 Å². The first-order valence-electron chi connectivity index (χ1n) is 31.1. The molecule has 0 saturated heterocycles. The van der Waals surface area contributed by atoms with Gasteiger partial charge < -0.3 is 19.8 Å². The van der Waals surface area contributed by atoms with E-state index < -0.39 is 20.0 Å². The van der Waals surface area contributed by atoms with Gasteiger partial charge in [0, 0.05) is 6.42 Å². The van der Waals surface area contributed by atoms with Gasteiger partial charge in [-0.15, -0.1) is 0 Å². The number of carbonyl (C=O) groups excluding carboxylic acids is 1. The van der Waals surface area contributed by atoms with Gasteiger partial charge in [-0.25, -0.2) is 4.57 Å². The Kier molecular flexibility index (Phi) is 54.8. The summed E-state index contributed by atoms with van der Waals surface area (Å²) < 4.78 is 23.7. The van der Waals surface area contributed by atoms with E-state index in [4.69, 9.17) is 9.05 Å². The van der Waals surface area contributed by atoms with Crippen molar-refractivity contribution in [3.05, 3.63) is 134 Å². The molecule has 1 amide bonds. The number of nitrogens with zero attached hydrogens (tertiary/aromatic N) is 1. The van der Waals surface area contributed by atoms with E-state index in [-0.39, 0.29) is 19.1 Å². The van der Waals surface area contributed by atoms with Gasteiger partial charge in [-0.05, 0) is 109 Å². The first kappa shape index (κ1) is 73.6. The van der Waals surface area contributed by atoms with Gasteiger partial charge in [-0.1, -0.05) is 257 Å². The largest absolute Gasteiger partial charge is 0.472 e. The highest BCUT2D eigenvalue weighted by molar-refractivity contribution is 7.47. The molecule has 0 fully saturated rings. The number of quaternary nitrogens is 1. The van der Waals surface area contributed by atoms with Gasteiger partial charge in [0.15, 0.2) is 0 Å². The lowest BCUT2D eigenvalue weighted by Gasteiger charge is -2.25. The Balaban J connectivity index is 4.02. The summed E-state index contributed by atoms with van der Waals surface area (Å²) in [5.74, 6) is -0.195. The molecule has 440 valence electrons. The lowest BCUT2D eigenvalue weighted by atomic mass is 10.0. The number of phosphoric acid groups is 1. The average Bonchev–Trinajstić information content (AvgIpc) is 3.39. The second-order valence-electron chi connectivity index (χ2n) is 21.7. The molecule has 3 unspecified atom stereocenters. The van der Waals surface area contributed by atoms with E-state index in [1.807, 2.05) is 27.2 Å². The van der Waals surface area contributed by atoms with Crippen LogP contribution in [0, 0.1) is 0 Å². The van der Waals surface area contributed by atoms with Gasteiger partial charge >= 0.3 is 7.82 Å². The minimum atomic E-state index is -4.36. The highest BCUT2D eigenvalue weighted by Crippen LogP contribution is 2.43. The normalized spacial score (nSPS) is 14.7. The number of aliphatic hydroxyl groups excluding tert-OH is 1. The zero-order chi connectivity index (χ0) is 56.3. The fourth-order valence-electron chi connectivity index (χ4n) is 8.27. The molecule has 0 radical (unpaired) electrons. The van der Waals surface area contributed by atoms with Crippen molar-refractivity contribution in [2.75, 3.05) is 40.9 Å². The van der Waals surface area contributed by atoms with E-state index >= 15 is 0 Å². The molecule has 0 aliphatic heterocycles. The Bertz CT molecular complexity index is 1710. The Morgan fingerprint density at radius 2 is 0.792 bits per heavy atom. The van der Waals surface area contributed by atoms with E-state index in [1.165, 1.54) is 122 Å². The third kappa shape index (κ3) is 60.1. The SMILES string of the molecule is CC/C=C\C/C=C\C/C=C\C/C=C\C/C=C\C/C=C\C/C=C\C/C=C\CCCCCCCCCCCCCCCCCCC(=O)NC(COP(=O)(O)OCC[N+](C)(C)C)C(O)/C=C/CC/C=C/CC/C=C/CCCCCC. The van der Waals surface area contributed by atoms with Crippen molar-refractivity contribution in [3.8, 4) is 0 Å². The summed E-state index contributed by atoms with van der Waals surface area (Å²) in [4.78, 5) is 23.3. The Hall–Kier alpha value is -3.36. The minimum Gasteiger partial charge on any atom is -0.387 e. The smallest absolute Gasteiger partial charge is 0.387 e. The molecule has 0 saturated carbocycles. The minimum absolute atomic E-state index is 0.0488. The summed E-state index contributed by atoms with van der Waals surface area (Å²) in [6.45, 7) is 4.64. The van der Waals surface area contributed by atoms with Crippen molar-refractivity contribution < 1.29 is 32.9 Å². The monoisotopic (exact) mass is 1090 g/mol. The number of likely N-dealkylation sites (N-methyl/N-ethyl adjacent to an activating group) is 1. The molecule has 0 heterocycles. The van der Waals surface area contributed by atoms with Crippen LogP contribution in [-0.4, -0.2) is 73.4 Å². The van der Waals surface area contributed by atoms with Crippen LogP contribution in [0.15, 0.2) is 134 Å². The number of hydrogen-bond acceptors (Lipinski definition) is 5. The van der Waals surface area contributed by atoms with Crippen LogP contribution in [0.4, 0.5) is 0 Å². The molecular formula is C68H118N2O6P+. The van der Waals surface area contributed by atoms with Crippen LogP contribution < -0.4 is 5.32 Å². The number of phosphoric ester groups is 1. The van der Waals surface area contributed by atoms with Crippen LogP contribution in [0.1, 0.15) is 239 Å². The summed E-state index contributed by atoms with van der Waals surface area (Å²) in [7, 11) is 1.53. The Morgan fingerprint density at radius 1 is 0.455 bits per heavy atom. The molecule has 3 N–H and O–H groups in total. The van der Waals surface area contributed by atoms with Crippen LogP contribution in [0.3, 0.4) is 0 Å². The lowest BCUT2D eigenvalue weighted by Crippen LogP contribution is -2.45. The maximum Gasteiger partial charge on any atom is 0.472 e. The topological polar surface area (TPSA) is 105 Å². The second kappa shape index (κ2) is 57.3. The predicted molar refractivity (Wildman–Crippen MR) is 336 cm³/mol. The van der Waals surface area contributed by atoms with E-state index in [9.17, 15) is 19.4 Å². The maximum atomic E-state index is 13.0. The fourth-order valence-corrected chi connectivity index (χ4v) is 9.00. The molecule has 9 heteroatoms. The molecule has 0 aromatic carbocycles. The summed E-state index contributed by atoms with van der Waals surface area (Å²) in [6.07, 6.45) is 87.2. The first-order chi connectivity index (χ1) is 37.5. The number of nitrogens with one attached hydrogen (secondary N) is 1. The molecule has 0 spiro atoms. The molecule has 0 aliphatic rings. The number of rotatable bonds is 55. The number of aliphatic hydroxyl groups is 1. The maximum absolute atomic E-state index is 13.0. The van der Waals surface area contributed by atoms with Crippen LogP contribution in [0.25, 0.3) is 0 Å². The zero-order valence-corrected chi connectivity index (χ0v) is 51.0. The summed E-state index contributed by atoms with van der Waals surface area (Å²) in [6, 6.07) is -0.876. The number of carbonyl (C=O) groups is 1. The molecule has 0 bridgehead atoms. The molecule has 3 atom stereocenters. The van der Waals surface area contributed by atoms with Crippen molar-refractivity contribution in [2.45, 2.75) is 251 Å². The van der Waals surface area contributed by atoms with Gasteiger partial charge in [0.25, 0.3) is 0 Å². The van der Waals surface area contributed by atoms with Crippen LogP contribution in [-0.2, 0) is 18.4 Å². The summed E-state index contributed by atoms with van der Waals surface area (Å²) in [5, 5.41) is 13.9. The Morgan fingerprint density at radius 3 is 1.19 bits per heavy atom. The van der Waals surface area contributed by atoms with Crippen molar-refractivity contribution >= 4 is 13.7 Å². The van der Waals surface area contributed by atoms with Crippen molar-refractivity contribution in [1.82, 2.24) is 5.32 Å². The third-order valence-electron chi connectivity index (χ3n) is 13.1. The average molecular weight is 1090 g/mol. The quantitative estimate of drug-likeness (QED) is 0.0243. The summed E-state index contributed by atoms with van der Waals surface area (Å²) in [5.41, 5.74) is 0. The first-order valence-corrected chi connectivity index (χ1v) is 32.6. The van der Waals surface area contributed by atoms with E-state index in [0.717, 1.165) is 96.3 Å². The molecule has 0 aliphatic carbocycles. The molecule has 77 heavy (non-hydrogen) atoms. The number of amides is 1. The highest BCUT2D eigenvalue weighted by Gasteiger charge is 2.27. The molecule has 0 rings (SSSR count). The number of hydrogen-bond donors (Lipinski definition) is 3. The summed E-state index contributed by atoms with van der Waals surface area (Å²) >= 11 is 0. The Labute approximate surface area is 475 Å². The van der Waals surface area contributed by atoms with Crippen molar-refractivity contribution in [2.24, 2.45) is 0 Å².